The van der Waals surface area contributed by atoms with Crippen LogP contribution in [0.4, 0.5) is 11.6 Å². The minimum atomic E-state index is 1.03. The summed E-state index contributed by atoms with van der Waals surface area (Å²) in [5.41, 5.74) is 1.32. The maximum atomic E-state index is 4.54. The highest BCUT2D eigenvalue weighted by atomic mass is 15.3. The molecular formula is C20H28N6. The smallest absolute Gasteiger partial charge is 0.134 e. The highest BCUT2D eigenvalue weighted by Gasteiger charge is 2.19. The van der Waals surface area contributed by atoms with E-state index in [9.17, 15) is 0 Å². The average molecular weight is 352 g/mol. The second kappa shape index (κ2) is 8.45. The van der Waals surface area contributed by atoms with Crippen molar-refractivity contribution in [1.82, 2.24) is 19.9 Å². The van der Waals surface area contributed by atoms with Crippen molar-refractivity contribution in [2.45, 2.75) is 25.7 Å². The van der Waals surface area contributed by atoms with Gasteiger partial charge in [0.2, 0.25) is 0 Å². The van der Waals surface area contributed by atoms with Crippen molar-refractivity contribution in [2.75, 3.05) is 55.6 Å². The lowest BCUT2D eigenvalue weighted by Gasteiger charge is -2.36. The van der Waals surface area contributed by atoms with Crippen LogP contribution >= 0.6 is 0 Å². The van der Waals surface area contributed by atoms with E-state index in [1.54, 1.807) is 6.33 Å². The molecular weight excluding hydrogens is 324 g/mol. The summed E-state index contributed by atoms with van der Waals surface area (Å²) in [7, 11) is 0. The lowest BCUT2D eigenvalue weighted by atomic mass is 10.1. The van der Waals surface area contributed by atoms with Gasteiger partial charge in [0, 0.05) is 64.3 Å². The van der Waals surface area contributed by atoms with Crippen LogP contribution in [0.2, 0.25) is 0 Å². The van der Waals surface area contributed by atoms with E-state index in [1.165, 1.54) is 24.8 Å². The van der Waals surface area contributed by atoms with Gasteiger partial charge in [0.1, 0.15) is 18.0 Å². The van der Waals surface area contributed by atoms with Crippen LogP contribution in [0.3, 0.4) is 0 Å². The maximum absolute atomic E-state index is 4.54. The Kier molecular flexibility index (Phi) is 5.59. The quantitative estimate of drug-likeness (QED) is 0.822. The van der Waals surface area contributed by atoms with Crippen LogP contribution in [0.1, 0.15) is 24.8 Å². The molecule has 0 aromatic carbocycles. The fourth-order valence-corrected chi connectivity index (χ4v) is 3.84. The van der Waals surface area contributed by atoms with Gasteiger partial charge in [-0.05, 0) is 37.3 Å². The van der Waals surface area contributed by atoms with Crippen LogP contribution in [0.25, 0.3) is 0 Å². The normalized spacial score (nSPS) is 18.9. The molecule has 138 valence electrons. The zero-order valence-electron chi connectivity index (χ0n) is 15.4. The summed E-state index contributed by atoms with van der Waals surface area (Å²) in [5, 5.41) is 0. The summed E-state index contributed by atoms with van der Waals surface area (Å²) in [6.45, 7) is 7.58. The van der Waals surface area contributed by atoms with Crippen LogP contribution in [0.15, 0.2) is 36.9 Å². The van der Waals surface area contributed by atoms with Crippen molar-refractivity contribution >= 4 is 11.6 Å². The van der Waals surface area contributed by atoms with Gasteiger partial charge in [-0.25, -0.2) is 9.97 Å². The van der Waals surface area contributed by atoms with Crippen molar-refractivity contribution < 1.29 is 0 Å². The number of aromatic nitrogens is 3. The Morgan fingerprint density at radius 2 is 1.58 bits per heavy atom. The summed E-state index contributed by atoms with van der Waals surface area (Å²) >= 11 is 0. The van der Waals surface area contributed by atoms with Crippen molar-refractivity contribution in [1.29, 1.82) is 0 Å². The van der Waals surface area contributed by atoms with Crippen molar-refractivity contribution in [3.05, 3.63) is 42.5 Å². The SMILES string of the molecule is c1cncc(CCN2CCN(c3cc(N4CCCCC4)ncn3)CC2)c1. The Hall–Kier alpha value is -2.21. The molecule has 4 rings (SSSR count). The first-order chi connectivity index (χ1) is 12.9. The highest BCUT2D eigenvalue weighted by Crippen LogP contribution is 2.22. The van der Waals surface area contributed by atoms with Crippen LogP contribution in [0, 0.1) is 0 Å². The summed E-state index contributed by atoms with van der Waals surface area (Å²) < 4.78 is 0. The van der Waals surface area contributed by atoms with E-state index in [-0.39, 0.29) is 0 Å². The van der Waals surface area contributed by atoms with Gasteiger partial charge in [0.15, 0.2) is 0 Å². The van der Waals surface area contributed by atoms with Gasteiger partial charge in [-0.3, -0.25) is 9.88 Å². The van der Waals surface area contributed by atoms with E-state index < -0.39 is 0 Å². The molecule has 2 saturated heterocycles. The van der Waals surface area contributed by atoms with Crippen molar-refractivity contribution in [2.24, 2.45) is 0 Å². The fourth-order valence-electron chi connectivity index (χ4n) is 3.84. The molecule has 2 aliphatic rings. The van der Waals surface area contributed by atoms with Crippen molar-refractivity contribution in [3.8, 4) is 0 Å². The van der Waals surface area contributed by atoms with Gasteiger partial charge in [-0.2, -0.15) is 0 Å². The van der Waals surface area contributed by atoms with E-state index in [0.29, 0.717) is 0 Å². The number of anilines is 2. The molecule has 0 radical (unpaired) electrons. The van der Waals surface area contributed by atoms with Gasteiger partial charge in [-0.1, -0.05) is 6.07 Å². The monoisotopic (exact) mass is 352 g/mol. The number of nitrogens with zero attached hydrogens (tertiary/aromatic N) is 6. The molecule has 6 heteroatoms. The van der Waals surface area contributed by atoms with Crippen molar-refractivity contribution in [3.63, 3.8) is 0 Å². The Bertz CT molecular complexity index is 678. The molecule has 0 saturated carbocycles. The second-order valence-electron chi connectivity index (χ2n) is 7.22. The summed E-state index contributed by atoms with van der Waals surface area (Å²) in [6.07, 6.45) is 10.5. The molecule has 0 amide bonds. The molecule has 0 N–H and O–H groups in total. The number of rotatable bonds is 5. The Morgan fingerprint density at radius 1 is 0.846 bits per heavy atom. The van der Waals surface area contributed by atoms with E-state index in [4.69, 9.17) is 0 Å². The fraction of sp³-hybridized carbons (Fsp3) is 0.550. The van der Waals surface area contributed by atoms with Gasteiger partial charge >= 0.3 is 0 Å². The third-order valence-corrected chi connectivity index (χ3v) is 5.45. The van der Waals surface area contributed by atoms with Crippen LogP contribution in [-0.4, -0.2) is 65.7 Å². The van der Waals surface area contributed by atoms with Crippen LogP contribution < -0.4 is 9.80 Å². The number of piperidine rings is 1. The number of hydrogen-bond donors (Lipinski definition) is 0. The Labute approximate surface area is 155 Å². The highest BCUT2D eigenvalue weighted by molar-refractivity contribution is 5.50. The molecule has 26 heavy (non-hydrogen) atoms. The summed E-state index contributed by atoms with van der Waals surface area (Å²) in [5.74, 6) is 2.17. The Morgan fingerprint density at radius 3 is 2.27 bits per heavy atom. The third-order valence-electron chi connectivity index (χ3n) is 5.45. The molecule has 0 bridgehead atoms. The maximum Gasteiger partial charge on any atom is 0.134 e. The Balaban J connectivity index is 1.30. The molecule has 6 nitrogen and oxygen atoms in total. The second-order valence-corrected chi connectivity index (χ2v) is 7.22. The minimum absolute atomic E-state index is 1.03. The van der Waals surface area contributed by atoms with Gasteiger partial charge < -0.3 is 9.80 Å². The van der Waals surface area contributed by atoms with E-state index in [1.807, 2.05) is 18.5 Å². The third kappa shape index (κ3) is 4.30. The summed E-state index contributed by atoms with van der Waals surface area (Å²) in [4.78, 5) is 20.6. The van der Waals surface area contributed by atoms with Gasteiger partial charge in [-0.15, -0.1) is 0 Å². The number of hydrogen-bond acceptors (Lipinski definition) is 6. The van der Waals surface area contributed by atoms with E-state index in [2.05, 4.69) is 41.8 Å². The number of piperazine rings is 1. The molecule has 4 heterocycles. The standard InChI is InChI=1S/C20H28N6/c1-2-8-25(9-3-1)19-15-20(23-17-22-19)26-13-11-24(12-14-26)10-6-18-5-4-7-21-16-18/h4-5,7,15-17H,1-3,6,8-14H2. The lowest BCUT2D eigenvalue weighted by molar-refractivity contribution is 0.260. The summed E-state index contributed by atoms with van der Waals surface area (Å²) in [6, 6.07) is 6.35. The molecule has 2 aromatic rings. The molecule has 0 spiro atoms. The van der Waals surface area contributed by atoms with Crippen LogP contribution in [-0.2, 0) is 6.42 Å². The molecule has 2 fully saturated rings. The van der Waals surface area contributed by atoms with Gasteiger partial charge in [0.05, 0.1) is 0 Å². The first kappa shape index (κ1) is 17.2. The minimum Gasteiger partial charge on any atom is -0.356 e. The number of pyridine rings is 1. The topological polar surface area (TPSA) is 48.4 Å². The molecule has 2 aliphatic heterocycles. The first-order valence-electron chi connectivity index (χ1n) is 9.82. The molecule has 0 aliphatic carbocycles. The lowest BCUT2D eigenvalue weighted by Crippen LogP contribution is -2.47. The predicted molar refractivity (Wildman–Crippen MR) is 105 cm³/mol. The van der Waals surface area contributed by atoms with E-state index >= 15 is 0 Å². The molecule has 0 atom stereocenters. The van der Waals surface area contributed by atoms with Crippen LogP contribution in [0.5, 0.6) is 0 Å². The van der Waals surface area contributed by atoms with E-state index in [0.717, 1.165) is 63.9 Å². The zero-order valence-corrected chi connectivity index (χ0v) is 15.4. The predicted octanol–water partition coefficient (Wildman–Crippen LogP) is 2.23. The molecule has 2 aromatic heterocycles. The zero-order chi connectivity index (χ0) is 17.6. The largest absolute Gasteiger partial charge is 0.356 e. The average Bonchev–Trinajstić information content (AvgIpc) is 2.74. The molecule has 0 unspecified atom stereocenters. The first-order valence-corrected chi connectivity index (χ1v) is 9.82. The van der Waals surface area contributed by atoms with Gasteiger partial charge in [0.25, 0.3) is 0 Å².